The Morgan fingerprint density at radius 3 is 2.50 bits per heavy atom. The molecule has 0 bridgehead atoms. The Labute approximate surface area is 89.4 Å². The maximum Gasteiger partial charge on any atom is 0.0462 e. The molecule has 0 aromatic rings. The molecule has 0 saturated heterocycles. The van der Waals surface area contributed by atoms with Gasteiger partial charge < -0.3 is 10.1 Å². The molecule has 0 fully saturated rings. The third-order valence-corrected chi connectivity index (χ3v) is 2.34. The van der Waals surface area contributed by atoms with Crippen molar-refractivity contribution < 1.29 is 4.74 Å². The summed E-state index contributed by atoms with van der Waals surface area (Å²) in [5.74, 6) is 0.784. The molecule has 1 unspecified atom stereocenters. The second kappa shape index (κ2) is 9.47. The summed E-state index contributed by atoms with van der Waals surface area (Å²) in [5, 5.41) is 3.60. The van der Waals surface area contributed by atoms with Crippen molar-refractivity contribution in [1.29, 1.82) is 0 Å². The number of hydrogen-bond acceptors (Lipinski definition) is 2. The molecular weight excluding hydrogens is 174 g/mol. The first-order chi connectivity index (χ1) is 6.70. The Morgan fingerprint density at radius 1 is 1.29 bits per heavy atom. The van der Waals surface area contributed by atoms with Gasteiger partial charge in [0.1, 0.15) is 0 Å². The van der Waals surface area contributed by atoms with E-state index in [9.17, 15) is 0 Å². The molecule has 0 amide bonds. The highest BCUT2D eigenvalue weighted by Crippen LogP contribution is 2.09. The highest BCUT2D eigenvalue weighted by Gasteiger charge is 2.09. The van der Waals surface area contributed by atoms with E-state index in [1.807, 2.05) is 0 Å². The van der Waals surface area contributed by atoms with Crippen molar-refractivity contribution >= 4 is 0 Å². The average molecular weight is 201 g/mol. The van der Waals surface area contributed by atoms with Crippen LogP contribution in [-0.4, -0.2) is 26.3 Å². The number of nitrogens with one attached hydrogen (secondary N) is 1. The van der Waals surface area contributed by atoms with Gasteiger partial charge in [-0.1, -0.05) is 20.8 Å². The molecule has 0 aromatic heterocycles. The van der Waals surface area contributed by atoms with E-state index < -0.39 is 0 Å². The monoisotopic (exact) mass is 201 g/mol. The summed E-state index contributed by atoms with van der Waals surface area (Å²) in [4.78, 5) is 0. The van der Waals surface area contributed by atoms with Gasteiger partial charge in [0.15, 0.2) is 0 Å². The van der Waals surface area contributed by atoms with Crippen molar-refractivity contribution in [3.8, 4) is 0 Å². The maximum absolute atomic E-state index is 5.07. The molecule has 0 saturated carbocycles. The molecular formula is C12H27NO. The molecule has 86 valence electrons. The predicted octanol–water partition coefficient (Wildman–Crippen LogP) is 2.83. The van der Waals surface area contributed by atoms with E-state index in [0.717, 1.165) is 19.1 Å². The average Bonchev–Trinajstić information content (AvgIpc) is 2.13. The van der Waals surface area contributed by atoms with Gasteiger partial charge in [-0.05, 0) is 38.1 Å². The van der Waals surface area contributed by atoms with Gasteiger partial charge in [0.2, 0.25) is 0 Å². The smallest absolute Gasteiger partial charge is 0.0462 e. The van der Waals surface area contributed by atoms with Gasteiger partial charge >= 0.3 is 0 Å². The Kier molecular flexibility index (Phi) is 9.42. The van der Waals surface area contributed by atoms with Crippen molar-refractivity contribution in [3.05, 3.63) is 0 Å². The number of rotatable bonds is 9. The summed E-state index contributed by atoms with van der Waals surface area (Å²) in [5.41, 5.74) is 0. The maximum atomic E-state index is 5.07. The van der Waals surface area contributed by atoms with Crippen LogP contribution in [0.15, 0.2) is 0 Å². The van der Waals surface area contributed by atoms with Crippen LogP contribution in [0.1, 0.15) is 46.5 Å². The third kappa shape index (κ3) is 8.52. The summed E-state index contributed by atoms with van der Waals surface area (Å²) >= 11 is 0. The van der Waals surface area contributed by atoms with E-state index in [0.29, 0.717) is 6.04 Å². The van der Waals surface area contributed by atoms with E-state index >= 15 is 0 Å². The third-order valence-electron chi connectivity index (χ3n) is 2.34. The zero-order valence-corrected chi connectivity index (χ0v) is 10.3. The van der Waals surface area contributed by atoms with Gasteiger partial charge in [-0.15, -0.1) is 0 Å². The number of methoxy groups -OCH3 is 1. The summed E-state index contributed by atoms with van der Waals surface area (Å²) in [7, 11) is 1.77. The van der Waals surface area contributed by atoms with Crippen LogP contribution < -0.4 is 5.32 Å². The van der Waals surface area contributed by atoms with Gasteiger partial charge in [0, 0.05) is 19.8 Å². The number of hydrogen-bond donors (Lipinski definition) is 1. The lowest BCUT2D eigenvalue weighted by atomic mass is 10.00. The van der Waals surface area contributed by atoms with Crippen LogP contribution in [-0.2, 0) is 4.74 Å². The molecule has 0 heterocycles. The lowest BCUT2D eigenvalue weighted by Gasteiger charge is -2.20. The van der Waals surface area contributed by atoms with Crippen LogP contribution in [0.25, 0.3) is 0 Å². The molecule has 14 heavy (non-hydrogen) atoms. The van der Waals surface area contributed by atoms with Crippen LogP contribution in [0.4, 0.5) is 0 Å². The fourth-order valence-electron chi connectivity index (χ4n) is 1.69. The van der Waals surface area contributed by atoms with E-state index in [1.165, 1.54) is 25.7 Å². The fraction of sp³-hybridized carbons (Fsp3) is 1.00. The van der Waals surface area contributed by atoms with Crippen LogP contribution >= 0.6 is 0 Å². The minimum atomic E-state index is 0.685. The molecule has 0 rings (SSSR count). The van der Waals surface area contributed by atoms with Crippen molar-refractivity contribution in [2.24, 2.45) is 5.92 Å². The Bertz CT molecular complexity index is 115. The minimum Gasteiger partial charge on any atom is -0.385 e. The van der Waals surface area contributed by atoms with Gasteiger partial charge in [0.25, 0.3) is 0 Å². The van der Waals surface area contributed by atoms with Gasteiger partial charge in [-0.2, -0.15) is 0 Å². The molecule has 0 spiro atoms. The van der Waals surface area contributed by atoms with Gasteiger partial charge in [0.05, 0.1) is 0 Å². The predicted molar refractivity (Wildman–Crippen MR) is 62.6 cm³/mol. The summed E-state index contributed by atoms with van der Waals surface area (Å²) in [6.07, 6.45) is 4.92. The van der Waals surface area contributed by atoms with Crippen LogP contribution in [0.5, 0.6) is 0 Å². The highest BCUT2D eigenvalue weighted by molar-refractivity contribution is 4.68. The molecule has 0 aliphatic rings. The van der Waals surface area contributed by atoms with Crippen molar-refractivity contribution in [2.75, 3.05) is 20.3 Å². The first kappa shape index (κ1) is 13.9. The van der Waals surface area contributed by atoms with E-state index in [2.05, 4.69) is 26.1 Å². The highest BCUT2D eigenvalue weighted by atomic mass is 16.5. The Hall–Kier alpha value is -0.0800. The van der Waals surface area contributed by atoms with E-state index in [4.69, 9.17) is 4.74 Å². The largest absolute Gasteiger partial charge is 0.385 e. The van der Waals surface area contributed by atoms with Crippen LogP contribution in [0.2, 0.25) is 0 Å². The Balaban J connectivity index is 3.61. The van der Waals surface area contributed by atoms with Crippen LogP contribution in [0, 0.1) is 5.92 Å². The quantitative estimate of drug-likeness (QED) is 0.579. The fourth-order valence-corrected chi connectivity index (χ4v) is 1.69. The van der Waals surface area contributed by atoms with Crippen LogP contribution in [0.3, 0.4) is 0 Å². The Morgan fingerprint density at radius 2 is 2.00 bits per heavy atom. The summed E-state index contributed by atoms with van der Waals surface area (Å²) in [6.45, 7) is 8.83. The zero-order valence-electron chi connectivity index (χ0n) is 10.3. The van der Waals surface area contributed by atoms with Crippen molar-refractivity contribution in [1.82, 2.24) is 5.32 Å². The normalized spacial score (nSPS) is 13.5. The zero-order chi connectivity index (χ0) is 10.8. The van der Waals surface area contributed by atoms with Gasteiger partial charge in [-0.25, -0.2) is 0 Å². The molecule has 1 atom stereocenters. The standard InChI is InChI=1S/C12H27NO/c1-5-8-13-12(10-11(2)3)7-6-9-14-4/h11-13H,5-10H2,1-4H3. The second-order valence-electron chi connectivity index (χ2n) is 4.42. The van der Waals surface area contributed by atoms with Crippen molar-refractivity contribution in [2.45, 2.75) is 52.5 Å². The topological polar surface area (TPSA) is 21.3 Å². The molecule has 0 radical (unpaired) electrons. The summed E-state index contributed by atoms with van der Waals surface area (Å²) < 4.78 is 5.07. The molecule has 0 aliphatic heterocycles. The van der Waals surface area contributed by atoms with Crippen molar-refractivity contribution in [3.63, 3.8) is 0 Å². The first-order valence-electron chi connectivity index (χ1n) is 5.93. The SMILES string of the molecule is CCCNC(CCCOC)CC(C)C. The molecule has 0 aliphatic carbocycles. The van der Waals surface area contributed by atoms with E-state index in [-0.39, 0.29) is 0 Å². The lowest BCUT2D eigenvalue weighted by Crippen LogP contribution is -2.31. The first-order valence-corrected chi connectivity index (χ1v) is 5.93. The number of ether oxygens (including phenoxy) is 1. The second-order valence-corrected chi connectivity index (χ2v) is 4.42. The molecule has 0 aromatic carbocycles. The summed E-state index contributed by atoms with van der Waals surface area (Å²) in [6, 6.07) is 0.685. The minimum absolute atomic E-state index is 0.685. The molecule has 1 N–H and O–H groups in total. The molecule has 2 nitrogen and oxygen atoms in total. The molecule has 2 heteroatoms. The van der Waals surface area contributed by atoms with E-state index in [1.54, 1.807) is 7.11 Å². The van der Waals surface area contributed by atoms with Gasteiger partial charge in [-0.3, -0.25) is 0 Å². The lowest BCUT2D eigenvalue weighted by molar-refractivity contribution is 0.187.